The molecule has 2 aromatic rings. The normalized spacial score (nSPS) is 11.9. The number of hydrogen-bond donors (Lipinski definition) is 0. The highest BCUT2D eigenvalue weighted by Gasteiger charge is 2.22. The molecule has 20 heavy (non-hydrogen) atoms. The molecule has 0 amide bonds. The van der Waals surface area contributed by atoms with Crippen molar-refractivity contribution < 1.29 is 0 Å². The highest BCUT2D eigenvalue weighted by Crippen LogP contribution is 2.21. The summed E-state index contributed by atoms with van der Waals surface area (Å²) in [6.45, 7) is 11.7. The zero-order valence-electron chi connectivity index (χ0n) is 13.3. The van der Waals surface area contributed by atoms with Crippen molar-refractivity contribution in [3.8, 4) is 11.1 Å². The van der Waals surface area contributed by atoms with Crippen LogP contribution in [0.3, 0.4) is 0 Å². The van der Waals surface area contributed by atoms with Crippen molar-refractivity contribution in [1.29, 1.82) is 0 Å². The molecule has 0 saturated heterocycles. The van der Waals surface area contributed by atoms with Gasteiger partial charge in [0.05, 0.1) is 0 Å². The molecule has 0 aliphatic carbocycles. The molecule has 2 heteroatoms. The van der Waals surface area contributed by atoms with Crippen LogP contribution in [-0.4, -0.2) is 13.1 Å². The van der Waals surface area contributed by atoms with E-state index in [-0.39, 0.29) is 0 Å². The van der Waals surface area contributed by atoms with Crippen LogP contribution in [0.5, 0.6) is 0 Å². The Bertz CT molecular complexity index is 568. The van der Waals surface area contributed by atoms with Gasteiger partial charge in [0, 0.05) is 17.1 Å². The highest BCUT2D eigenvalue weighted by molar-refractivity contribution is 6.88. The van der Waals surface area contributed by atoms with Crippen molar-refractivity contribution in [3.05, 3.63) is 48.2 Å². The van der Waals surface area contributed by atoms with E-state index < -0.39 is 8.07 Å². The maximum atomic E-state index is 4.84. The van der Waals surface area contributed by atoms with Gasteiger partial charge in [-0.3, -0.25) is 4.98 Å². The Hall–Kier alpha value is -1.41. The molecule has 0 N–H and O–H groups in total. The molecule has 1 heterocycles. The molecule has 0 saturated carbocycles. The summed E-state index contributed by atoms with van der Waals surface area (Å²) >= 11 is 0. The third-order valence-corrected chi connectivity index (χ3v) is 5.28. The zero-order valence-corrected chi connectivity index (χ0v) is 14.3. The molecule has 1 aromatic heterocycles. The number of pyridine rings is 1. The van der Waals surface area contributed by atoms with Gasteiger partial charge in [-0.1, -0.05) is 63.8 Å². The molecular weight excluding hydrogens is 258 g/mol. The minimum atomic E-state index is -1.38. The van der Waals surface area contributed by atoms with E-state index in [1.54, 1.807) is 0 Å². The molecule has 0 atom stereocenters. The van der Waals surface area contributed by atoms with Gasteiger partial charge < -0.3 is 0 Å². The number of hydrogen-bond acceptors (Lipinski definition) is 1. The average molecular weight is 283 g/mol. The molecule has 0 bridgehead atoms. The Labute approximate surface area is 124 Å². The third kappa shape index (κ3) is 3.57. The molecule has 106 valence electrons. The molecular formula is C18H25NSi. The fraction of sp³-hybridized carbons (Fsp3) is 0.389. The first-order valence-electron chi connectivity index (χ1n) is 7.43. The first-order chi connectivity index (χ1) is 9.38. The lowest BCUT2D eigenvalue weighted by Gasteiger charge is -2.21. The summed E-state index contributed by atoms with van der Waals surface area (Å²) in [5, 5.41) is 1.37. The van der Waals surface area contributed by atoms with Crippen LogP contribution >= 0.6 is 0 Å². The maximum absolute atomic E-state index is 4.84. The van der Waals surface area contributed by atoms with E-state index in [1.165, 1.54) is 22.0 Å². The predicted octanol–water partition coefficient (Wildman–Crippen LogP) is 4.49. The van der Waals surface area contributed by atoms with Crippen molar-refractivity contribution >= 4 is 13.4 Å². The van der Waals surface area contributed by atoms with E-state index in [1.807, 2.05) is 6.20 Å². The topological polar surface area (TPSA) is 12.9 Å². The lowest BCUT2D eigenvalue weighted by atomic mass is 10.0. The second-order valence-electron chi connectivity index (χ2n) is 6.95. The summed E-state index contributed by atoms with van der Waals surface area (Å²) in [6.07, 6.45) is 3.17. The average Bonchev–Trinajstić information content (AvgIpc) is 2.37. The summed E-state index contributed by atoms with van der Waals surface area (Å²) in [5.74, 6) is 0.665. The Morgan fingerprint density at radius 1 is 1.00 bits per heavy atom. The van der Waals surface area contributed by atoms with Crippen LogP contribution in [0.2, 0.25) is 19.6 Å². The fourth-order valence-corrected chi connectivity index (χ4v) is 4.16. The first-order valence-corrected chi connectivity index (χ1v) is 10.9. The van der Waals surface area contributed by atoms with E-state index in [4.69, 9.17) is 4.98 Å². The van der Waals surface area contributed by atoms with Crippen molar-refractivity contribution in [2.45, 2.75) is 39.9 Å². The van der Waals surface area contributed by atoms with Crippen LogP contribution in [0.25, 0.3) is 11.1 Å². The van der Waals surface area contributed by atoms with Gasteiger partial charge in [0.25, 0.3) is 0 Å². The van der Waals surface area contributed by atoms with Gasteiger partial charge in [-0.05, 0) is 29.5 Å². The van der Waals surface area contributed by atoms with Gasteiger partial charge in [-0.25, -0.2) is 0 Å². The van der Waals surface area contributed by atoms with Crippen LogP contribution in [0.15, 0.2) is 42.6 Å². The molecule has 0 unspecified atom stereocenters. The Kier molecular flexibility index (Phi) is 4.44. The first kappa shape index (κ1) is 15.0. The second-order valence-corrected chi connectivity index (χ2v) is 11.9. The van der Waals surface area contributed by atoms with E-state index in [0.717, 1.165) is 6.42 Å². The molecule has 0 aliphatic rings. The molecule has 0 radical (unpaired) electrons. The van der Waals surface area contributed by atoms with Crippen molar-refractivity contribution in [3.63, 3.8) is 0 Å². The second kappa shape index (κ2) is 5.92. The third-order valence-electron chi connectivity index (χ3n) is 3.41. The van der Waals surface area contributed by atoms with Crippen LogP contribution in [0, 0.1) is 5.92 Å². The highest BCUT2D eigenvalue weighted by atomic mass is 28.3. The molecule has 0 spiro atoms. The zero-order chi connectivity index (χ0) is 14.8. The summed E-state index contributed by atoms with van der Waals surface area (Å²) in [6, 6.07) is 12.9. The van der Waals surface area contributed by atoms with Gasteiger partial charge >= 0.3 is 0 Å². The number of nitrogens with zero attached hydrogens (tertiary/aromatic N) is 1. The number of benzene rings is 1. The predicted molar refractivity (Wildman–Crippen MR) is 91.2 cm³/mol. The summed E-state index contributed by atoms with van der Waals surface area (Å²) in [4.78, 5) is 4.84. The van der Waals surface area contributed by atoms with Crippen LogP contribution in [0.1, 0.15) is 19.4 Å². The van der Waals surface area contributed by atoms with Crippen molar-refractivity contribution in [1.82, 2.24) is 4.98 Å². The van der Waals surface area contributed by atoms with Gasteiger partial charge in [0.15, 0.2) is 0 Å². The van der Waals surface area contributed by atoms with Crippen LogP contribution in [-0.2, 0) is 6.42 Å². The van der Waals surface area contributed by atoms with E-state index in [2.05, 4.69) is 69.9 Å². The summed E-state index contributed by atoms with van der Waals surface area (Å²) in [5.41, 5.74) is 3.94. The molecule has 1 nitrogen and oxygen atoms in total. The Balaban J connectivity index is 2.49. The monoisotopic (exact) mass is 283 g/mol. The van der Waals surface area contributed by atoms with Crippen LogP contribution < -0.4 is 5.32 Å². The maximum Gasteiger partial charge on any atom is 0.102 e. The molecule has 2 rings (SSSR count). The van der Waals surface area contributed by atoms with E-state index in [9.17, 15) is 0 Å². The Morgan fingerprint density at radius 2 is 1.65 bits per heavy atom. The summed E-state index contributed by atoms with van der Waals surface area (Å²) < 4.78 is 0. The largest absolute Gasteiger partial charge is 0.265 e. The minimum absolute atomic E-state index is 0.665. The van der Waals surface area contributed by atoms with Gasteiger partial charge in [0.1, 0.15) is 8.07 Å². The van der Waals surface area contributed by atoms with Crippen LogP contribution in [0.4, 0.5) is 0 Å². The molecule has 0 fully saturated rings. The number of aromatic nitrogens is 1. The smallest absolute Gasteiger partial charge is 0.102 e. The van der Waals surface area contributed by atoms with Gasteiger partial charge in [-0.2, -0.15) is 0 Å². The molecule has 0 aliphatic heterocycles. The Morgan fingerprint density at radius 3 is 2.20 bits per heavy atom. The lowest BCUT2D eigenvalue weighted by molar-refractivity contribution is 0.648. The summed E-state index contributed by atoms with van der Waals surface area (Å²) in [7, 11) is -1.38. The van der Waals surface area contributed by atoms with Crippen molar-refractivity contribution in [2.24, 2.45) is 5.92 Å². The quantitative estimate of drug-likeness (QED) is 0.753. The minimum Gasteiger partial charge on any atom is -0.265 e. The van der Waals surface area contributed by atoms with Crippen molar-refractivity contribution in [2.75, 3.05) is 0 Å². The van der Waals surface area contributed by atoms with Gasteiger partial charge in [-0.15, -0.1) is 0 Å². The lowest BCUT2D eigenvalue weighted by Crippen LogP contribution is -2.42. The van der Waals surface area contributed by atoms with E-state index in [0.29, 0.717) is 5.92 Å². The fourth-order valence-electron chi connectivity index (χ4n) is 2.57. The molecule has 1 aromatic carbocycles. The van der Waals surface area contributed by atoms with Gasteiger partial charge in [0.2, 0.25) is 0 Å². The SMILES string of the molecule is CC(C)Cc1cc(-c2ccccc2)cnc1[Si](C)(C)C. The number of rotatable bonds is 4. The van der Waals surface area contributed by atoms with E-state index >= 15 is 0 Å². The standard InChI is InChI=1S/C18H25NSi/c1-14(2)11-16-12-17(15-9-7-6-8-10-15)13-19-18(16)20(3,4)5/h6-10,12-14H,11H2,1-5H3.